The molecule has 122 valence electrons. The lowest BCUT2D eigenvalue weighted by Crippen LogP contribution is -2.31. The van der Waals surface area contributed by atoms with Crippen molar-refractivity contribution in [3.63, 3.8) is 0 Å². The van der Waals surface area contributed by atoms with Crippen LogP contribution in [0.4, 0.5) is 0 Å². The molecule has 0 spiro atoms. The van der Waals surface area contributed by atoms with Crippen LogP contribution in [-0.2, 0) is 13.0 Å². The van der Waals surface area contributed by atoms with Crippen molar-refractivity contribution < 1.29 is 9.21 Å². The summed E-state index contributed by atoms with van der Waals surface area (Å²) >= 11 is 0. The first-order valence-electron chi connectivity index (χ1n) is 8.23. The highest BCUT2D eigenvalue weighted by atomic mass is 16.3. The van der Waals surface area contributed by atoms with Crippen LogP contribution in [0.5, 0.6) is 0 Å². The average molecular weight is 319 g/mol. The zero-order chi connectivity index (χ0) is 16.6. The number of benzene rings is 2. The second-order valence-electron chi connectivity index (χ2n) is 5.78. The lowest BCUT2D eigenvalue weighted by molar-refractivity contribution is 0.0709. The minimum absolute atomic E-state index is 0.0584. The molecule has 0 aliphatic heterocycles. The third-order valence-electron chi connectivity index (χ3n) is 3.97. The largest absolute Gasteiger partial charge is 0.459 e. The van der Waals surface area contributed by atoms with Crippen molar-refractivity contribution in [2.75, 3.05) is 6.54 Å². The number of carbonyl (C=O) groups is 1. The first-order chi connectivity index (χ1) is 11.8. The highest BCUT2D eigenvalue weighted by Crippen LogP contribution is 2.12. The van der Waals surface area contributed by atoms with Gasteiger partial charge in [-0.2, -0.15) is 0 Å². The maximum absolute atomic E-state index is 12.7. The molecule has 3 aromatic rings. The van der Waals surface area contributed by atoms with Crippen LogP contribution in [0.2, 0.25) is 0 Å². The number of aryl methyl sites for hydroxylation is 1. The first-order valence-corrected chi connectivity index (χ1v) is 8.23. The average Bonchev–Trinajstić information content (AvgIpc) is 3.17. The fraction of sp³-hybridized carbons (Fsp3) is 0.190. The van der Waals surface area contributed by atoms with Gasteiger partial charge >= 0.3 is 0 Å². The number of hydrogen-bond acceptors (Lipinski definition) is 2. The Morgan fingerprint density at radius 1 is 0.833 bits per heavy atom. The maximum atomic E-state index is 12.7. The maximum Gasteiger partial charge on any atom is 0.289 e. The molecule has 0 aliphatic rings. The molecule has 0 unspecified atom stereocenters. The fourth-order valence-corrected chi connectivity index (χ4v) is 2.73. The predicted molar refractivity (Wildman–Crippen MR) is 94.7 cm³/mol. The molecular formula is C21H21NO2. The minimum Gasteiger partial charge on any atom is -0.459 e. The molecule has 1 aromatic heterocycles. The number of nitrogens with zero attached hydrogens (tertiary/aromatic N) is 1. The van der Waals surface area contributed by atoms with Crippen molar-refractivity contribution in [3.8, 4) is 0 Å². The van der Waals surface area contributed by atoms with Crippen molar-refractivity contribution >= 4 is 5.91 Å². The van der Waals surface area contributed by atoms with Crippen LogP contribution in [0.1, 0.15) is 28.1 Å². The van der Waals surface area contributed by atoms with Gasteiger partial charge in [-0.1, -0.05) is 60.7 Å². The molecule has 24 heavy (non-hydrogen) atoms. The highest BCUT2D eigenvalue weighted by molar-refractivity contribution is 5.91. The Hall–Kier alpha value is -2.81. The van der Waals surface area contributed by atoms with Gasteiger partial charge in [-0.05, 0) is 36.1 Å². The van der Waals surface area contributed by atoms with Crippen molar-refractivity contribution in [1.82, 2.24) is 4.90 Å². The molecule has 0 aliphatic carbocycles. The molecule has 0 saturated carbocycles. The number of amides is 1. The van der Waals surface area contributed by atoms with Gasteiger partial charge in [0.25, 0.3) is 5.91 Å². The number of furan rings is 1. The van der Waals surface area contributed by atoms with Crippen LogP contribution in [-0.4, -0.2) is 17.4 Å². The third kappa shape index (κ3) is 4.35. The SMILES string of the molecule is O=C(c1ccco1)N(CCCc1ccccc1)Cc1ccccc1. The van der Waals surface area contributed by atoms with E-state index in [2.05, 4.69) is 12.1 Å². The predicted octanol–water partition coefficient (Wildman–Crippen LogP) is 4.55. The van der Waals surface area contributed by atoms with Crippen molar-refractivity contribution in [1.29, 1.82) is 0 Å². The molecule has 0 radical (unpaired) electrons. The van der Waals surface area contributed by atoms with Crippen LogP contribution in [0.15, 0.2) is 83.5 Å². The van der Waals surface area contributed by atoms with Gasteiger partial charge in [-0.3, -0.25) is 4.79 Å². The number of hydrogen-bond donors (Lipinski definition) is 0. The Morgan fingerprint density at radius 2 is 1.50 bits per heavy atom. The molecule has 0 fully saturated rings. The molecule has 1 heterocycles. The third-order valence-corrected chi connectivity index (χ3v) is 3.97. The summed E-state index contributed by atoms with van der Waals surface area (Å²) in [7, 11) is 0. The van der Waals surface area contributed by atoms with Crippen molar-refractivity contribution in [2.24, 2.45) is 0 Å². The standard InChI is InChI=1S/C21H21NO2/c23-21(20-14-8-16-24-20)22(17-19-11-5-2-6-12-19)15-7-13-18-9-3-1-4-10-18/h1-6,8-12,14,16H,7,13,15,17H2. The summed E-state index contributed by atoms with van der Waals surface area (Å²) in [6.45, 7) is 1.29. The zero-order valence-corrected chi connectivity index (χ0v) is 13.6. The normalized spacial score (nSPS) is 10.5. The second-order valence-corrected chi connectivity index (χ2v) is 5.78. The molecular weight excluding hydrogens is 298 g/mol. The van der Waals surface area contributed by atoms with E-state index in [-0.39, 0.29) is 5.91 Å². The van der Waals surface area contributed by atoms with Gasteiger partial charge in [-0.15, -0.1) is 0 Å². The lowest BCUT2D eigenvalue weighted by Gasteiger charge is -2.22. The van der Waals surface area contributed by atoms with E-state index in [4.69, 9.17) is 4.42 Å². The summed E-state index contributed by atoms with van der Waals surface area (Å²) in [5.41, 5.74) is 2.42. The summed E-state index contributed by atoms with van der Waals surface area (Å²) < 4.78 is 5.29. The highest BCUT2D eigenvalue weighted by Gasteiger charge is 2.18. The van der Waals surface area contributed by atoms with Gasteiger partial charge in [0, 0.05) is 13.1 Å². The Balaban J connectivity index is 1.66. The van der Waals surface area contributed by atoms with Gasteiger partial charge in [-0.25, -0.2) is 0 Å². The summed E-state index contributed by atoms with van der Waals surface area (Å²) in [5, 5.41) is 0. The molecule has 0 N–H and O–H groups in total. The van der Waals surface area contributed by atoms with E-state index in [1.54, 1.807) is 12.1 Å². The molecule has 2 aromatic carbocycles. The molecule has 3 heteroatoms. The fourth-order valence-electron chi connectivity index (χ4n) is 2.73. The van der Waals surface area contributed by atoms with Crippen molar-refractivity contribution in [3.05, 3.63) is 95.9 Å². The first kappa shape index (κ1) is 16.1. The number of carbonyl (C=O) groups excluding carboxylic acids is 1. The van der Waals surface area contributed by atoms with Gasteiger partial charge in [0.2, 0.25) is 0 Å². The molecule has 3 nitrogen and oxygen atoms in total. The van der Waals surface area contributed by atoms with Crippen LogP contribution in [0, 0.1) is 0 Å². The summed E-state index contributed by atoms with van der Waals surface area (Å²) in [4.78, 5) is 14.5. The van der Waals surface area contributed by atoms with E-state index in [1.807, 2.05) is 53.4 Å². The minimum atomic E-state index is -0.0584. The Bertz CT molecular complexity index is 736. The lowest BCUT2D eigenvalue weighted by atomic mass is 10.1. The molecule has 0 atom stereocenters. The van der Waals surface area contributed by atoms with E-state index in [1.165, 1.54) is 11.8 Å². The van der Waals surface area contributed by atoms with E-state index in [0.29, 0.717) is 18.8 Å². The van der Waals surface area contributed by atoms with Gasteiger partial charge < -0.3 is 9.32 Å². The second kappa shape index (κ2) is 8.16. The Kier molecular flexibility index (Phi) is 5.46. The van der Waals surface area contributed by atoms with E-state index in [0.717, 1.165) is 18.4 Å². The van der Waals surface area contributed by atoms with Gasteiger partial charge in [0.15, 0.2) is 5.76 Å². The summed E-state index contributed by atoms with van der Waals surface area (Å²) in [6.07, 6.45) is 3.42. The van der Waals surface area contributed by atoms with Crippen LogP contribution in [0.3, 0.4) is 0 Å². The van der Waals surface area contributed by atoms with E-state index in [9.17, 15) is 4.79 Å². The monoisotopic (exact) mass is 319 g/mol. The van der Waals surface area contributed by atoms with E-state index < -0.39 is 0 Å². The Morgan fingerprint density at radius 3 is 2.12 bits per heavy atom. The van der Waals surface area contributed by atoms with E-state index >= 15 is 0 Å². The molecule has 1 amide bonds. The zero-order valence-electron chi connectivity index (χ0n) is 13.6. The topological polar surface area (TPSA) is 33.5 Å². The molecule has 3 rings (SSSR count). The van der Waals surface area contributed by atoms with Crippen LogP contribution in [0.25, 0.3) is 0 Å². The Labute approximate surface area is 142 Å². The van der Waals surface area contributed by atoms with Crippen LogP contribution >= 0.6 is 0 Å². The molecule has 0 bridgehead atoms. The number of rotatable bonds is 7. The summed E-state index contributed by atoms with van der Waals surface area (Å²) in [5.74, 6) is 0.336. The summed E-state index contributed by atoms with van der Waals surface area (Å²) in [6, 6.07) is 23.9. The quantitative estimate of drug-likeness (QED) is 0.640. The van der Waals surface area contributed by atoms with Crippen molar-refractivity contribution in [2.45, 2.75) is 19.4 Å². The molecule has 0 saturated heterocycles. The van der Waals surface area contributed by atoms with Crippen LogP contribution < -0.4 is 0 Å². The smallest absolute Gasteiger partial charge is 0.289 e. The van der Waals surface area contributed by atoms with Gasteiger partial charge in [0.05, 0.1) is 6.26 Å². The van der Waals surface area contributed by atoms with Gasteiger partial charge in [0.1, 0.15) is 0 Å².